The highest BCUT2D eigenvalue weighted by molar-refractivity contribution is 9.10. The quantitative estimate of drug-likeness (QED) is 0.674. The predicted octanol–water partition coefficient (Wildman–Crippen LogP) is 2.51. The Kier molecular flexibility index (Phi) is 5.63. The van der Waals surface area contributed by atoms with Crippen LogP contribution >= 0.6 is 15.9 Å². The van der Waals surface area contributed by atoms with Crippen LogP contribution in [0.3, 0.4) is 0 Å². The molecule has 0 bridgehead atoms. The standard InChI is InChI=1S/C16H17BrN2O4S/c1-10-5-6-14(7-11(10)8-15(18)16(20)21)24(22,23)19-13-4-2-3-12(17)9-13/h2-7,9,15,19H,8,18H2,1H3,(H,20,21)/t15-/m0/s1. The first-order chi connectivity index (χ1) is 11.2. The monoisotopic (exact) mass is 412 g/mol. The number of halogens is 1. The predicted molar refractivity (Wildman–Crippen MR) is 95.4 cm³/mol. The number of carboxylic acids is 1. The summed E-state index contributed by atoms with van der Waals surface area (Å²) in [5, 5.41) is 8.92. The fourth-order valence-electron chi connectivity index (χ4n) is 2.13. The van der Waals surface area contributed by atoms with Gasteiger partial charge in [-0.1, -0.05) is 28.1 Å². The van der Waals surface area contributed by atoms with E-state index in [9.17, 15) is 13.2 Å². The van der Waals surface area contributed by atoms with Crippen molar-refractivity contribution in [1.29, 1.82) is 0 Å². The van der Waals surface area contributed by atoms with E-state index < -0.39 is 22.0 Å². The van der Waals surface area contributed by atoms with E-state index in [1.165, 1.54) is 12.1 Å². The largest absolute Gasteiger partial charge is 0.480 e. The van der Waals surface area contributed by atoms with Crippen LogP contribution < -0.4 is 10.5 Å². The van der Waals surface area contributed by atoms with E-state index in [4.69, 9.17) is 10.8 Å². The van der Waals surface area contributed by atoms with E-state index in [2.05, 4.69) is 20.7 Å². The lowest BCUT2D eigenvalue weighted by Gasteiger charge is -2.13. The van der Waals surface area contributed by atoms with Gasteiger partial charge in [0.05, 0.1) is 4.90 Å². The molecule has 6 nitrogen and oxygen atoms in total. The number of aliphatic carboxylic acids is 1. The summed E-state index contributed by atoms with van der Waals surface area (Å²) in [5.74, 6) is -1.13. The SMILES string of the molecule is Cc1ccc(S(=O)(=O)Nc2cccc(Br)c2)cc1C[C@H](N)C(=O)O. The fourth-order valence-corrected chi connectivity index (χ4v) is 3.62. The Morgan fingerprint density at radius 1 is 1.29 bits per heavy atom. The van der Waals surface area contributed by atoms with Gasteiger partial charge in [-0.3, -0.25) is 9.52 Å². The van der Waals surface area contributed by atoms with Crippen molar-refractivity contribution >= 4 is 37.6 Å². The van der Waals surface area contributed by atoms with Crippen LogP contribution in [0.5, 0.6) is 0 Å². The van der Waals surface area contributed by atoms with Crippen molar-refractivity contribution in [2.75, 3.05) is 4.72 Å². The summed E-state index contributed by atoms with van der Waals surface area (Å²) in [6.45, 7) is 1.78. The van der Waals surface area contributed by atoms with Crippen LogP contribution in [0.15, 0.2) is 51.8 Å². The lowest BCUT2D eigenvalue weighted by atomic mass is 10.0. The van der Waals surface area contributed by atoms with Crippen LogP contribution in [0.25, 0.3) is 0 Å². The zero-order valence-corrected chi connectivity index (χ0v) is 15.3. The van der Waals surface area contributed by atoms with Crippen LogP contribution in [-0.4, -0.2) is 25.5 Å². The molecule has 0 heterocycles. The van der Waals surface area contributed by atoms with Gasteiger partial charge in [-0.2, -0.15) is 0 Å². The molecule has 0 spiro atoms. The van der Waals surface area contributed by atoms with Crippen molar-refractivity contribution in [2.24, 2.45) is 5.73 Å². The minimum absolute atomic E-state index is 0.0562. The number of rotatable bonds is 6. The molecule has 0 saturated heterocycles. The van der Waals surface area contributed by atoms with Gasteiger partial charge in [-0.15, -0.1) is 0 Å². The van der Waals surface area contributed by atoms with Crippen molar-refractivity contribution < 1.29 is 18.3 Å². The van der Waals surface area contributed by atoms with Crippen molar-refractivity contribution in [3.63, 3.8) is 0 Å². The van der Waals surface area contributed by atoms with E-state index in [0.29, 0.717) is 11.3 Å². The van der Waals surface area contributed by atoms with Gasteiger partial charge in [0.15, 0.2) is 0 Å². The third-order valence-corrected chi connectivity index (χ3v) is 5.34. The number of benzene rings is 2. The number of sulfonamides is 1. The van der Waals surface area contributed by atoms with Gasteiger partial charge in [0, 0.05) is 10.2 Å². The zero-order chi connectivity index (χ0) is 17.9. The third-order valence-electron chi connectivity index (χ3n) is 3.46. The molecule has 0 aliphatic carbocycles. The van der Waals surface area contributed by atoms with Crippen LogP contribution in [0.4, 0.5) is 5.69 Å². The van der Waals surface area contributed by atoms with Gasteiger partial charge in [-0.25, -0.2) is 8.42 Å². The van der Waals surface area contributed by atoms with Crippen LogP contribution in [0.1, 0.15) is 11.1 Å². The fraction of sp³-hybridized carbons (Fsp3) is 0.188. The summed E-state index contributed by atoms with van der Waals surface area (Å²) >= 11 is 3.28. The Bertz CT molecular complexity index is 868. The summed E-state index contributed by atoms with van der Waals surface area (Å²) in [6.07, 6.45) is 0.0570. The highest BCUT2D eigenvalue weighted by Gasteiger charge is 2.18. The molecule has 0 fully saturated rings. The third kappa shape index (κ3) is 4.56. The molecule has 8 heteroatoms. The highest BCUT2D eigenvalue weighted by Crippen LogP contribution is 2.22. The van der Waals surface area contributed by atoms with Gasteiger partial charge in [0.1, 0.15) is 6.04 Å². The van der Waals surface area contributed by atoms with Crippen LogP contribution in [0.2, 0.25) is 0 Å². The van der Waals surface area contributed by atoms with Gasteiger partial charge in [-0.05, 0) is 54.8 Å². The minimum Gasteiger partial charge on any atom is -0.480 e. The maximum absolute atomic E-state index is 12.5. The van der Waals surface area contributed by atoms with Crippen molar-refractivity contribution in [2.45, 2.75) is 24.3 Å². The molecule has 0 saturated carbocycles. The second-order valence-corrected chi connectivity index (χ2v) is 7.95. The average molecular weight is 413 g/mol. The summed E-state index contributed by atoms with van der Waals surface area (Å²) < 4.78 is 28.3. The molecule has 0 aliphatic rings. The smallest absolute Gasteiger partial charge is 0.320 e. The number of carboxylic acid groups (broad SMARTS) is 1. The number of anilines is 1. The van der Waals surface area contributed by atoms with Gasteiger partial charge in [0.2, 0.25) is 0 Å². The Morgan fingerprint density at radius 3 is 2.62 bits per heavy atom. The maximum Gasteiger partial charge on any atom is 0.320 e. The zero-order valence-electron chi connectivity index (χ0n) is 12.9. The Hall–Kier alpha value is -1.90. The topological polar surface area (TPSA) is 109 Å². The minimum atomic E-state index is -3.78. The molecule has 0 aliphatic heterocycles. The molecule has 0 aromatic heterocycles. The molecule has 128 valence electrons. The first-order valence-corrected chi connectivity index (χ1v) is 9.33. The Labute approximate surface area is 148 Å². The van der Waals surface area contributed by atoms with E-state index in [1.54, 1.807) is 37.3 Å². The summed E-state index contributed by atoms with van der Waals surface area (Å²) in [7, 11) is -3.78. The lowest BCUT2D eigenvalue weighted by Crippen LogP contribution is -2.32. The van der Waals surface area contributed by atoms with E-state index in [-0.39, 0.29) is 11.3 Å². The van der Waals surface area contributed by atoms with Gasteiger partial charge in [0.25, 0.3) is 10.0 Å². The molecule has 0 radical (unpaired) electrons. The second-order valence-electron chi connectivity index (χ2n) is 5.35. The summed E-state index contributed by atoms with van der Waals surface area (Å²) in [5.41, 5.74) is 7.34. The molecule has 0 amide bonds. The number of nitrogens with two attached hydrogens (primary N) is 1. The molecule has 1 atom stereocenters. The highest BCUT2D eigenvalue weighted by atomic mass is 79.9. The Morgan fingerprint density at radius 2 is 2.00 bits per heavy atom. The molecule has 24 heavy (non-hydrogen) atoms. The van der Waals surface area contributed by atoms with Crippen LogP contribution in [-0.2, 0) is 21.2 Å². The van der Waals surface area contributed by atoms with Crippen molar-refractivity contribution in [1.82, 2.24) is 0 Å². The molecule has 2 aromatic carbocycles. The number of hydrogen-bond acceptors (Lipinski definition) is 4. The maximum atomic E-state index is 12.5. The van der Waals surface area contributed by atoms with Crippen LogP contribution in [0, 0.1) is 6.92 Å². The molecule has 2 rings (SSSR count). The Balaban J connectivity index is 2.32. The molecular weight excluding hydrogens is 396 g/mol. The number of nitrogens with one attached hydrogen (secondary N) is 1. The van der Waals surface area contributed by atoms with E-state index in [1.807, 2.05) is 0 Å². The van der Waals surface area contributed by atoms with Gasteiger partial charge < -0.3 is 10.8 Å². The normalized spacial score (nSPS) is 12.6. The first kappa shape index (κ1) is 18.4. The van der Waals surface area contributed by atoms with Crippen molar-refractivity contribution in [3.05, 3.63) is 58.1 Å². The van der Waals surface area contributed by atoms with E-state index in [0.717, 1.165) is 10.0 Å². The van der Waals surface area contributed by atoms with Crippen molar-refractivity contribution in [3.8, 4) is 0 Å². The van der Waals surface area contributed by atoms with Gasteiger partial charge >= 0.3 is 5.97 Å². The molecule has 0 unspecified atom stereocenters. The van der Waals surface area contributed by atoms with E-state index >= 15 is 0 Å². The lowest BCUT2D eigenvalue weighted by molar-refractivity contribution is -0.138. The molecule has 4 N–H and O–H groups in total. The molecule has 2 aromatic rings. The first-order valence-electron chi connectivity index (χ1n) is 7.05. The average Bonchev–Trinajstić information content (AvgIpc) is 2.48. The summed E-state index contributed by atoms with van der Waals surface area (Å²) in [4.78, 5) is 11.0. The second kappa shape index (κ2) is 7.33. The summed E-state index contributed by atoms with van der Waals surface area (Å²) in [6, 6.07) is 10.3. The number of carbonyl (C=O) groups is 1. The molecular formula is C16H17BrN2O4S. The number of aryl methyl sites for hydroxylation is 1. The number of hydrogen-bond donors (Lipinski definition) is 3.